The average molecular weight is 245 g/mol. The molecule has 1 aromatic rings. The van der Waals surface area contributed by atoms with Crippen LogP contribution < -0.4 is 5.32 Å². The smallest absolute Gasteiger partial charge is 0.268 e. The molecule has 0 spiro atoms. The molecular formula is C11H17ClN2O2. The van der Waals surface area contributed by atoms with Crippen LogP contribution in [0.15, 0.2) is 12.3 Å². The Morgan fingerprint density at radius 1 is 1.62 bits per heavy atom. The minimum atomic E-state index is -0.202. The third-order valence-corrected chi connectivity index (χ3v) is 2.69. The van der Waals surface area contributed by atoms with Gasteiger partial charge in [0.1, 0.15) is 5.69 Å². The number of carbonyl (C=O) groups excluding carboxylic acids is 1. The van der Waals surface area contributed by atoms with Crippen LogP contribution in [-0.2, 0) is 6.54 Å². The molecule has 0 aromatic carbocycles. The van der Waals surface area contributed by atoms with Crippen molar-refractivity contribution in [2.75, 3.05) is 6.61 Å². The van der Waals surface area contributed by atoms with Crippen molar-refractivity contribution in [3.8, 4) is 0 Å². The first-order valence-corrected chi connectivity index (χ1v) is 5.77. The maximum atomic E-state index is 11.9. The standard InChI is InChI=1S/C11H17ClN2O2/c1-3-9(7-15)13-11(16)10-5-8(12)6-14(10)4-2/h5-6,9,15H,3-4,7H2,1-2H3,(H,13,16)/t9-/m1/s1. The quantitative estimate of drug-likeness (QED) is 0.828. The van der Waals surface area contributed by atoms with Gasteiger partial charge in [0.2, 0.25) is 0 Å². The van der Waals surface area contributed by atoms with Crippen LogP contribution in [0.3, 0.4) is 0 Å². The molecule has 0 saturated heterocycles. The van der Waals surface area contributed by atoms with E-state index in [9.17, 15) is 4.79 Å². The van der Waals surface area contributed by atoms with Gasteiger partial charge in [-0.1, -0.05) is 18.5 Å². The van der Waals surface area contributed by atoms with Crippen LogP contribution in [-0.4, -0.2) is 28.2 Å². The minimum Gasteiger partial charge on any atom is -0.394 e. The van der Waals surface area contributed by atoms with Crippen LogP contribution in [0.5, 0.6) is 0 Å². The van der Waals surface area contributed by atoms with E-state index in [1.165, 1.54) is 0 Å². The highest BCUT2D eigenvalue weighted by molar-refractivity contribution is 6.31. The number of carbonyl (C=O) groups is 1. The second-order valence-electron chi connectivity index (χ2n) is 3.59. The van der Waals surface area contributed by atoms with E-state index in [0.717, 1.165) is 0 Å². The summed E-state index contributed by atoms with van der Waals surface area (Å²) in [7, 11) is 0. The Morgan fingerprint density at radius 2 is 2.31 bits per heavy atom. The van der Waals surface area contributed by atoms with Gasteiger partial charge in [-0.2, -0.15) is 0 Å². The highest BCUT2D eigenvalue weighted by Gasteiger charge is 2.15. The van der Waals surface area contributed by atoms with Crippen LogP contribution in [0.4, 0.5) is 0 Å². The minimum absolute atomic E-state index is 0.0528. The predicted molar refractivity (Wildman–Crippen MR) is 63.7 cm³/mol. The summed E-state index contributed by atoms with van der Waals surface area (Å²) in [6, 6.07) is 1.43. The molecule has 1 atom stereocenters. The fraction of sp³-hybridized carbons (Fsp3) is 0.545. The predicted octanol–water partition coefficient (Wildman–Crippen LogP) is 1.66. The average Bonchev–Trinajstić information content (AvgIpc) is 2.67. The van der Waals surface area contributed by atoms with Crippen molar-refractivity contribution < 1.29 is 9.90 Å². The molecule has 0 fully saturated rings. The number of aliphatic hydroxyl groups is 1. The van der Waals surface area contributed by atoms with Crippen LogP contribution in [0.1, 0.15) is 30.8 Å². The van der Waals surface area contributed by atoms with Crippen LogP contribution in [0.2, 0.25) is 5.02 Å². The number of amides is 1. The second kappa shape index (κ2) is 5.92. The number of aliphatic hydroxyl groups excluding tert-OH is 1. The first-order chi connectivity index (χ1) is 7.62. The number of hydrogen-bond acceptors (Lipinski definition) is 2. The molecule has 0 radical (unpaired) electrons. The highest BCUT2D eigenvalue weighted by atomic mass is 35.5. The molecule has 0 aliphatic carbocycles. The van der Waals surface area contributed by atoms with Crippen molar-refractivity contribution in [3.05, 3.63) is 23.0 Å². The van der Waals surface area contributed by atoms with Gasteiger partial charge in [-0.25, -0.2) is 0 Å². The third kappa shape index (κ3) is 3.00. The molecule has 0 aliphatic heterocycles. The molecule has 1 rings (SSSR count). The summed E-state index contributed by atoms with van der Waals surface area (Å²) in [6.07, 6.45) is 2.42. The topological polar surface area (TPSA) is 54.3 Å². The molecule has 1 heterocycles. The van der Waals surface area contributed by atoms with E-state index < -0.39 is 0 Å². The van der Waals surface area contributed by atoms with Gasteiger partial charge in [-0.3, -0.25) is 4.79 Å². The maximum Gasteiger partial charge on any atom is 0.268 e. The lowest BCUT2D eigenvalue weighted by Gasteiger charge is -2.14. The van der Waals surface area contributed by atoms with Crippen LogP contribution in [0, 0.1) is 0 Å². The van der Waals surface area contributed by atoms with Gasteiger partial charge in [-0.05, 0) is 19.4 Å². The van der Waals surface area contributed by atoms with E-state index in [2.05, 4.69) is 5.32 Å². The monoisotopic (exact) mass is 244 g/mol. The third-order valence-electron chi connectivity index (χ3n) is 2.48. The maximum absolute atomic E-state index is 11.9. The van der Waals surface area contributed by atoms with Crippen molar-refractivity contribution in [2.45, 2.75) is 32.9 Å². The van der Waals surface area contributed by atoms with Gasteiger partial charge in [0.25, 0.3) is 5.91 Å². The van der Waals surface area contributed by atoms with Crippen LogP contribution >= 0.6 is 11.6 Å². The Hall–Kier alpha value is -1.00. The molecular weight excluding hydrogens is 228 g/mol. The Bertz CT molecular complexity index is 359. The second-order valence-corrected chi connectivity index (χ2v) is 4.03. The molecule has 1 amide bonds. The zero-order valence-corrected chi connectivity index (χ0v) is 10.3. The van der Waals surface area contributed by atoms with E-state index in [0.29, 0.717) is 23.7 Å². The molecule has 0 aliphatic rings. The van der Waals surface area contributed by atoms with E-state index in [1.54, 1.807) is 16.8 Å². The molecule has 0 saturated carbocycles. The summed E-state index contributed by atoms with van der Waals surface area (Å²) in [6.45, 7) is 4.48. The van der Waals surface area contributed by atoms with Gasteiger partial charge in [-0.15, -0.1) is 0 Å². The molecule has 0 unspecified atom stereocenters. The van der Waals surface area contributed by atoms with E-state index in [1.807, 2.05) is 13.8 Å². The zero-order chi connectivity index (χ0) is 12.1. The van der Waals surface area contributed by atoms with Gasteiger partial charge in [0.05, 0.1) is 17.7 Å². The first-order valence-electron chi connectivity index (χ1n) is 5.39. The van der Waals surface area contributed by atoms with Gasteiger partial charge in [0.15, 0.2) is 0 Å². The summed E-state index contributed by atoms with van der Waals surface area (Å²) in [5.74, 6) is -0.199. The van der Waals surface area contributed by atoms with E-state index >= 15 is 0 Å². The Morgan fingerprint density at radius 3 is 2.81 bits per heavy atom. The lowest BCUT2D eigenvalue weighted by molar-refractivity contribution is 0.0905. The largest absolute Gasteiger partial charge is 0.394 e. The summed E-state index contributed by atoms with van der Waals surface area (Å²) in [4.78, 5) is 11.9. The lowest BCUT2D eigenvalue weighted by Crippen LogP contribution is -2.37. The molecule has 90 valence electrons. The van der Waals surface area contributed by atoms with E-state index in [-0.39, 0.29) is 18.6 Å². The molecule has 2 N–H and O–H groups in total. The number of hydrogen-bond donors (Lipinski definition) is 2. The van der Waals surface area contributed by atoms with Gasteiger partial charge < -0.3 is 15.0 Å². The fourth-order valence-electron chi connectivity index (χ4n) is 1.46. The number of aryl methyl sites for hydroxylation is 1. The summed E-state index contributed by atoms with van der Waals surface area (Å²) < 4.78 is 1.78. The number of nitrogens with one attached hydrogen (secondary N) is 1. The van der Waals surface area contributed by atoms with Gasteiger partial charge >= 0.3 is 0 Å². The van der Waals surface area contributed by atoms with Crippen molar-refractivity contribution in [3.63, 3.8) is 0 Å². The van der Waals surface area contributed by atoms with Gasteiger partial charge in [0, 0.05) is 12.7 Å². The molecule has 16 heavy (non-hydrogen) atoms. The number of nitrogens with zero attached hydrogens (tertiary/aromatic N) is 1. The van der Waals surface area contributed by atoms with Crippen LogP contribution in [0.25, 0.3) is 0 Å². The molecule has 0 bridgehead atoms. The number of aromatic nitrogens is 1. The Kier molecular flexibility index (Phi) is 4.83. The lowest BCUT2D eigenvalue weighted by atomic mass is 10.2. The van der Waals surface area contributed by atoms with Crippen molar-refractivity contribution >= 4 is 17.5 Å². The molecule has 5 heteroatoms. The SMILES string of the molecule is CC[C@H](CO)NC(=O)c1cc(Cl)cn1CC. The Labute approximate surface area is 100 Å². The van der Waals surface area contributed by atoms with Crippen molar-refractivity contribution in [1.29, 1.82) is 0 Å². The normalized spacial score (nSPS) is 12.5. The first kappa shape index (κ1) is 13.1. The Balaban J connectivity index is 2.79. The highest BCUT2D eigenvalue weighted by Crippen LogP contribution is 2.14. The zero-order valence-electron chi connectivity index (χ0n) is 9.53. The molecule has 4 nitrogen and oxygen atoms in total. The number of halogens is 1. The summed E-state index contributed by atoms with van der Waals surface area (Å²) >= 11 is 5.84. The summed E-state index contributed by atoms with van der Waals surface area (Å²) in [5.41, 5.74) is 0.527. The summed E-state index contributed by atoms with van der Waals surface area (Å²) in [5, 5.41) is 12.3. The van der Waals surface area contributed by atoms with Crippen molar-refractivity contribution in [1.82, 2.24) is 9.88 Å². The fourth-order valence-corrected chi connectivity index (χ4v) is 1.68. The molecule has 1 aromatic heterocycles. The van der Waals surface area contributed by atoms with Crippen molar-refractivity contribution in [2.24, 2.45) is 0 Å². The van der Waals surface area contributed by atoms with E-state index in [4.69, 9.17) is 16.7 Å². The number of rotatable bonds is 5.